The second-order valence-corrected chi connectivity index (χ2v) is 3.51. The first kappa shape index (κ1) is 23.2. The Morgan fingerprint density at radius 1 is 0.895 bits per heavy atom. The molecule has 19 heavy (non-hydrogen) atoms. The first-order valence-corrected chi connectivity index (χ1v) is 4.59. The van der Waals surface area contributed by atoms with Gasteiger partial charge in [-0.1, -0.05) is 0 Å². The molecule has 2 aliphatic heterocycles. The van der Waals surface area contributed by atoms with Crippen LogP contribution in [-0.4, -0.2) is 60.7 Å². The molecular formula is C8H14Cl2N6O2Zn. The van der Waals surface area contributed by atoms with Crippen molar-refractivity contribution in [3.8, 4) is 0 Å². The van der Waals surface area contributed by atoms with E-state index in [1.807, 2.05) is 0 Å². The number of nitrogens with zero attached hydrogens (tertiary/aromatic N) is 2. The van der Waals surface area contributed by atoms with Gasteiger partial charge in [0.1, 0.15) is 0 Å². The Bertz CT molecular complexity index is 333. The zero-order valence-electron chi connectivity index (χ0n) is 10.6. The summed E-state index contributed by atoms with van der Waals surface area (Å²) in [6.07, 6.45) is 0. The first-order chi connectivity index (χ1) is 7.40. The van der Waals surface area contributed by atoms with Crippen molar-refractivity contribution < 1.29 is 53.9 Å². The van der Waals surface area contributed by atoms with Crippen LogP contribution in [0.15, 0.2) is 0 Å². The van der Waals surface area contributed by atoms with Gasteiger partial charge in [0.05, 0.1) is 13.1 Å². The summed E-state index contributed by atoms with van der Waals surface area (Å²) < 4.78 is 0. The van der Waals surface area contributed by atoms with Gasteiger partial charge >= 0.3 is 19.5 Å². The van der Waals surface area contributed by atoms with E-state index in [1.54, 1.807) is 23.9 Å². The third-order valence-corrected chi connectivity index (χ3v) is 2.04. The third-order valence-electron chi connectivity index (χ3n) is 2.04. The van der Waals surface area contributed by atoms with E-state index in [0.717, 1.165) is 0 Å². The Hall–Kier alpha value is -0.917. The smallest absolute Gasteiger partial charge is 1.00 e. The summed E-state index contributed by atoms with van der Waals surface area (Å²) in [5.74, 6) is 0.181. The summed E-state index contributed by atoms with van der Waals surface area (Å²) in [5, 5.41) is 18.6. The maximum Gasteiger partial charge on any atom is 2.00 e. The Kier molecular flexibility index (Phi) is 12.1. The van der Waals surface area contributed by atoms with Gasteiger partial charge in [-0.2, -0.15) is 0 Å². The molecule has 0 spiro atoms. The van der Waals surface area contributed by atoms with Crippen LogP contribution < -0.4 is 35.4 Å². The molecule has 0 saturated carbocycles. The molecule has 0 bridgehead atoms. The third kappa shape index (κ3) is 7.29. The van der Waals surface area contributed by atoms with Crippen molar-refractivity contribution in [3.63, 3.8) is 0 Å². The quantitative estimate of drug-likeness (QED) is 0.321. The molecule has 0 radical (unpaired) electrons. The van der Waals surface area contributed by atoms with Crippen LogP contribution in [0.4, 0.5) is 0 Å². The standard InChI is InChI=1S/2C4H7N3O.2ClH.Zn/c2*1-7-2-3(8)6-4(7)5;;;/h2*2H2,1H3,(H2,5,6,8);2*1H;/q;;;;+2/p-2. The second kappa shape index (κ2) is 9.94. The molecule has 104 valence electrons. The average molecular weight is 363 g/mol. The van der Waals surface area contributed by atoms with Gasteiger partial charge in [-0.25, -0.2) is 0 Å². The summed E-state index contributed by atoms with van der Waals surface area (Å²) >= 11 is 0. The van der Waals surface area contributed by atoms with E-state index in [-0.39, 0.29) is 68.0 Å². The first-order valence-electron chi connectivity index (χ1n) is 4.59. The molecule has 2 aliphatic rings. The molecule has 2 heterocycles. The molecule has 0 aliphatic carbocycles. The number of hydrogen-bond donors (Lipinski definition) is 4. The Balaban J connectivity index is -0.000000233. The summed E-state index contributed by atoms with van der Waals surface area (Å²) in [6.45, 7) is 0.637. The number of carbonyl (C=O) groups is 2. The topological polar surface area (TPSA) is 112 Å². The Morgan fingerprint density at radius 3 is 1.21 bits per heavy atom. The van der Waals surface area contributed by atoms with Crippen molar-refractivity contribution in [1.82, 2.24) is 20.4 Å². The van der Waals surface area contributed by atoms with E-state index in [9.17, 15) is 9.59 Å². The summed E-state index contributed by atoms with van der Waals surface area (Å²) in [7, 11) is 3.39. The van der Waals surface area contributed by atoms with Gasteiger partial charge in [-0.3, -0.25) is 31.0 Å². The molecule has 2 rings (SSSR count). The number of guanidine groups is 2. The number of likely N-dealkylation sites (N-methyl/N-ethyl adjacent to an activating group) is 2. The number of hydrogen-bond acceptors (Lipinski definition) is 4. The molecular weight excluding hydrogens is 348 g/mol. The number of amides is 2. The van der Waals surface area contributed by atoms with Crippen LogP contribution in [0, 0.1) is 10.8 Å². The molecule has 11 heteroatoms. The maximum atomic E-state index is 10.4. The van der Waals surface area contributed by atoms with Crippen LogP contribution in [0.5, 0.6) is 0 Å². The normalized spacial score (nSPS) is 16.3. The van der Waals surface area contributed by atoms with Crippen molar-refractivity contribution >= 4 is 23.7 Å². The van der Waals surface area contributed by atoms with E-state index >= 15 is 0 Å². The minimum Gasteiger partial charge on any atom is -1.00 e. The van der Waals surface area contributed by atoms with Crippen LogP contribution in [0.25, 0.3) is 0 Å². The van der Waals surface area contributed by atoms with Crippen molar-refractivity contribution in [2.45, 2.75) is 0 Å². The van der Waals surface area contributed by atoms with E-state index in [2.05, 4.69) is 10.6 Å². The summed E-state index contributed by atoms with van der Waals surface area (Å²) in [4.78, 5) is 23.8. The van der Waals surface area contributed by atoms with E-state index < -0.39 is 0 Å². The van der Waals surface area contributed by atoms with Crippen LogP contribution >= 0.6 is 0 Å². The maximum absolute atomic E-state index is 10.4. The molecule has 0 unspecified atom stereocenters. The van der Waals surface area contributed by atoms with Gasteiger partial charge in [0, 0.05) is 14.1 Å². The summed E-state index contributed by atoms with van der Waals surface area (Å²) in [5.41, 5.74) is 0. The van der Waals surface area contributed by atoms with E-state index in [4.69, 9.17) is 10.8 Å². The van der Waals surface area contributed by atoms with Gasteiger partial charge < -0.3 is 34.6 Å². The number of halogens is 2. The minimum absolute atomic E-state index is 0. The van der Waals surface area contributed by atoms with E-state index in [0.29, 0.717) is 13.1 Å². The monoisotopic (exact) mass is 360 g/mol. The van der Waals surface area contributed by atoms with Crippen molar-refractivity contribution in [2.24, 2.45) is 0 Å². The zero-order chi connectivity index (χ0) is 12.3. The van der Waals surface area contributed by atoms with Crippen molar-refractivity contribution in [1.29, 1.82) is 10.8 Å². The van der Waals surface area contributed by atoms with Gasteiger partial charge in [0.15, 0.2) is 11.9 Å². The van der Waals surface area contributed by atoms with Crippen LogP contribution in [0.1, 0.15) is 0 Å². The van der Waals surface area contributed by atoms with Crippen molar-refractivity contribution in [3.05, 3.63) is 0 Å². The average Bonchev–Trinajstić information content (AvgIpc) is 2.58. The molecule has 4 N–H and O–H groups in total. The second-order valence-electron chi connectivity index (χ2n) is 3.51. The van der Waals surface area contributed by atoms with E-state index in [1.165, 1.54) is 0 Å². The Labute approximate surface area is 136 Å². The Morgan fingerprint density at radius 2 is 1.16 bits per heavy atom. The summed E-state index contributed by atoms with van der Waals surface area (Å²) in [6, 6.07) is 0. The number of carbonyl (C=O) groups excluding carboxylic acids is 2. The van der Waals surface area contributed by atoms with Crippen LogP contribution in [0.3, 0.4) is 0 Å². The van der Waals surface area contributed by atoms with Gasteiger partial charge in [-0.15, -0.1) is 0 Å². The molecule has 0 atom stereocenters. The molecule has 2 fully saturated rings. The van der Waals surface area contributed by atoms with Gasteiger partial charge in [-0.05, 0) is 0 Å². The molecule has 0 aromatic heterocycles. The predicted octanol–water partition coefficient (Wildman–Crippen LogP) is -8.03. The molecule has 2 amide bonds. The van der Waals surface area contributed by atoms with Gasteiger partial charge in [0.25, 0.3) is 0 Å². The molecule has 0 aromatic carbocycles. The fraction of sp³-hybridized carbons (Fsp3) is 0.500. The number of nitrogens with one attached hydrogen (secondary N) is 4. The fourth-order valence-electron chi connectivity index (χ4n) is 1.12. The van der Waals surface area contributed by atoms with Crippen molar-refractivity contribution in [2.75, 3.05) is 27.2 Å². The predicted molar refractivity (Wildman–Crippen MR) is 57.0 cm³/mol. The number of rotatable bonds is 0. The van der Waals surface area contributed by atoms with Crippen LogP contribution in [0.2, 0.25) is 0 Å². The molecule has 0 aromatic rings. The molecule has 8 nitrogen and oxygen atoms in total. The van der Waals surface area contributed by atoms with Gasteiger partial charge in [0.2, 0.25) is 11.8 Å². The van der Waals surface area contributed by atoms with Crippen LogP contribution in [-0.2, 0) is 29.1 Å². The zero-order valence-corrected chi connectivity index (χ0v) is 15.1. The fourth-order valence-corrected chi connectivity index (χ4v) is 1.12. The minimum atomic E-state index is -0.0995. The molecule has 2 saturated heterocycles. The SMILES string of the molecule is CN1CC(=O)NC1=N.CN1CC(=O)NC1=N.[Cl-].[Cl-].[Zn+2]. The largest absolute Gasteiger partial charge is 2.00 e.